The van der Waals surface area contributed by atoms with Crippen LogP contribution in [0.1, 0.15) is 33.6 Å². The van der Waals surface area contributed by atoms with E-state index in [1.165, 1.54) is 12.8 Å². The molecule has 0 radical (unpaired) electrons. The summed E-state index contributed by atoms with van der Waals surface area (Å²) in [6.45, 7) is 12.6. The lowest BCUT2D eigenvalue weighted by Crippen LogP contribution is -2.49. The van der Waals surface area contributed by atoms with Gasteiger partial charge in [0.2, 0.25) is 0 Å². The van der Waals surface area contributed by atoms with Gasteiger partial charge in [-0.25, -0.2) is 0 Å². The standard InChI is InChI=1S/C15H32N2O2/c1-5-7-16-15(14-6-9-19-12-14)11-17(13(2)3)8-10-18-4/h13-16H,5-12H2,1-4H3. The van der Waals surface area contributed by atoms with Crippen molar-refractivity contribution < 1.29 is 9.47 Å². The Morgan fingerprint density at radius 2 is 2.21 bits per heavy atom. The van der Waals surface area contributed by atoms with E-state index < -0.39 is 0 Å². The minimum atomic E-state index is 0.543. The maximum atomic E-state index is 5.56. The van der Waals surface area contributed by atoms with Crippen LogP contribution in [0.5, 0.6) is 0 Å². The van der Waals surface area contributed by atoms with Crippen LogP contribution >= 0.6 is 0 Å². The molecule has 2 unspecified atom stereocenters. The number of nitrogens with zero attached hydrogens (tertiary/aromatic N) is 1. The zero-order valence-electron chi connectivity index (χ0n) is 13.2. The lowest BCUT2D eigenvalue weighted by Gasteiger charge is -2.33. The van der Waals surface area contributed by atoms with Gasteiger partial charge in [0.05, 0.1) is 13.2 Å². The molecule has 1 fully saturated rings. The summed E-state index contributed by atoms with van der Waals surface area (Å²) in [5.41, 5.74) is 0. The van der Waals surface area contributed by atoms with Gasteiger partial charge >= 0.3 is 0 Å². The van der Waals surface area contributed by atoms with E-state index >= 15 is 0 Å². The van der Waals surface area contributed by atoms with Gasteiger partial charge in [0.15, 0.2) is 0 Å². The maximum absolute atomic E-state index is 5.56. The molecule has 0 aliphatic carbocycles. The van der Waals surface area contributed by atoms with Crippen molar-refractivity contribution in [2.24, 2.45) is 5.92 Å². The predicted octanol–water partition coefficient (Wildman–Crippen LogP) is 1.75. The molecule has 1 rings (SSSR count). The number of ether oxygens (including phenoxy) is 2. The lowest BCUT2D eigenvalue weighted by molar-refractivity contribution is 0.108. The Morgan fingerprint density at radius 1 is 1.42 bits per heavy atom. The van der Waals surface area contributed by atoms with E-state index in [1.54, 1.807) is 7.11 Å². The molecular weight excluding hydrogens is 240 g/mol. The van der Waals surface area contributed by atoms with Crippen molar-refractivity contribution in [3.05, 3.63) is 0 Å². The van der Waals surface area contributed by atoms with E-state index in [1.807, 2.05) is 0 Å². The largest absolute Gasteiger partial charge is 0.383 e. The van der Waals surface area contributed by atoms with Gasteiger partial charge in [-0.15, -0.1) is 0 Å². The Kier molecular flexibility index (Phi) is 8.62. The summed E-state index contributed by atoms with van der Waals surface area (Å²) in [4.78, 5) is 2.51. The van der Waals surface area contributed by atoms with Crippen LogP contribution in [-0.4, -0.2) is 63.5 Å². The summed E-state index contributed by atoms with van der Waals surface area (Å²) in [5, 5.41) is 3.71. The topological polar surface area (TPSA) is 33.7 Å². The molecule has 1 aliphatic rings. The van der Waals surface area contributed by atoms with Crippen molar-refractivity contribution in [1.29, 1.82) is 0 Å². The first-order valence-corrected chi connectivity index (χ1v) is 7.73. The predicted molar refractivity (Wildman–Crippen MR) is 79.6 cm³/mol. The van der Waals surface area contributed by atoms with E-state index in [0.29, 0.717) is 18.0 Å². The second-order valence-corrected chi connectivity index (χ2v) is 5.77. The molecule has 0 amide bonds. The average molecular weight is 272 g/mol. The van der Waals surface area contributed by atoms with Crippen molar-refractivity contribution in [3.63, 3.8) is 0 Å². The fraction of sp³-hybridized carbons (Fsp3) is 1.00. The average Bonchev–Trinajstić information content (AvgIpc) is 2.91. The minimum Gasteiger partial charge on any atom is -0.383 e. The number of hydrogen-bond donors (Lipinski definition) is 1. The summed E-state index contributed by atoms with van der Waals surface area (Å²) >= 11 is 0. The van der Waals surface area contributed by atoms with Gasteiger partial charge in [-0.1, -0.05) is 6.92 Å². The highest BCUT2D eigenvalue weighted by molar-refractivity contribution is 4.83. The van der Waals surface area contributed by atoms with Crippen molar-refractivity contribution in [2.45, 2.75) is 45.7 Å². The Balaban J connectivity index is 2.51. The molecule has 0 aromatic heterocycles. The van der Waals surface area contributed by atoms with E-state index in [4.69, 9.17) is 9.47 Å². The molecule has 2 atom stereocenters. The third kappa shape index (κ3) is 6.21. The van der Waals surface area contributed by atoms with Gasteiger partial charge in [-0.2, -0.15) is 0 Å². The van der Waals surface area contributed by atoms with Crippen molar-refractivity contribution in [1.82, 2.24) is 10.2 Å². The third-order valence-corrected chi connectivity index (χ3v) is 3.93. The summed E-state index contributed by atoms with van der Waals surface area (Å²) < 4.78 is 10.8. The highest BCUT2D eigenvalue weighted by Crippen LogP contribution is 2.18. The van der Waals surface area contributed by atoms with Crippen LogP contribution in [0.2, 0.25) is 0 Å². The molecule has 0 aromatic carbocycles. The van der Waals surface area contributed by atoms with Crippen LogP contribution in [0.25, 0.3) is 0 Å². The van der Waals surface area contributed by atoms with Gasteiger partial charge in [-0.05, 0) is 33.2 Å². The van der Waals surface area contributed by atoms with E-state index in [-0.39, 0.29) is 0 Å². The van der Waals surface area contributed by atoms with Gasteiger partial charge in [0.1, 0.15) is 0 Å². The number of hydrogen-bond acceptors (Lipinski definition) is 4. The maximum Gasteiger partial charge on any atom is 0.0589 e. The molecule has 0 bridgehead atoms. The molecule has 1 aliphatic heterocycles. The highest BCUT2D eigenvalue weighted by Gasteiger charge is 2.27. The minimum absolute atomic E-state index is 0.543. The molecule has 0 saturated carbocycles. The molecule has 1 heterocycles. The quantitative estimate of drug-likeness (QED) is 0.657. The van der Waals surface area contributed by atoms with Crippen LogP contribution in [-0.2, 0) is 9.47 Å². The van der Waals surface area contributed by atoms with Crippen LogP contribution in [0, 0.1) is 5.92 Å². The van der Waals surface area contributed by atoms with Gasteiger partial charge in [-0.3, -0.25) is 4.90 Å². The highest BCUT2D eigenvalue weighted by atomic mass is 16.5. The molecule has 1 N–H and O–H groups in total. The van der Waals surface area contributed by atoms with E-state index in [0.717, 1.165) is 39.5 Å². The van der Waals surface area contributed by atoms with Crippen molar-refractivity contribution in [2.75, 3.05) is 46.6 Å². The molecular formula is C15H32N2O2. The second-order valence-electron chi connectivity index (χ2n) is 5.77. The number of rotatable bonds is 10. The second kappa shape index (κ2) is 9.70. The summed E-state index contributed by atoms with van der Waals surface area (Å²) in [5.74, 6) is 0.662. The molecule has 19 heavy (non-hydrogen) atoms. The Bertz CT molecular complexity index is 218. The molecule has 114 valence electrons. The van der Waals surface area contributed by atoms with Crippen molar-refractivity contribution >= 4 is 0 Å². The monoisotopic (exact) mass is 272 g/mol. The fourth-order valence-corrected chi connectivity index (χ4v) is 2.60. The lowest BCUT2D eigenvalue weighted by atomic mass is 9.98. The summed E-state index contributed by atoms with van der Waals surface area (Å²) in [6, 6.07) is 1.10. The summed E-state index contributed by atoms with van der Waals surface area (Å²) in [6.07, 6.45) is 2.38. The van der Waals surface area contributed by atoms with E-state index in [2.05, 4.69) is 31.0 Å². The molecule has 0 spiro atoms. The molecule has 4 heteroatoms. The fourth-order valence-electron chi connectivity index (χ4n) is 2.60. The number of nitrogens with one attached hydrogen (secondary N) is 1. The number of methoxy groups -OCH3 is 1. The smallest absolute Gasteiger partial charge is 0.0589 e. The van der Waals surface area contributed by atoms with Crippen LogP contribution < -0.4 is 5.32 Å². The first-order valence-electron chi connectivity index (χ1n) is 7.73. The van der Waals surface area contributed by atoms with Gasteiger partial charge < -0.3 is 14.8 Å². The zero-order chi connectivity index (χ0) is 14.1. The summed E-state index contributed by atoms with van der Waals surface area (Å²) in [7, 11) is 1.77. The molecule has 4 nitrogen and oxygen atoms in total. The first-order chi connectivity index (χ1) is 9.19. The molecule has 1 saturated heterocycles. The van der Waals surface area contributed by atoms with Gasteiger partial charge in [0, 0.05) is 44.8 Å². The molecule has 0 aromatic rings. The Labute approximate surface area is 118 Å². The van der Waals surface area contributed by atoms with Crippen LogP contribution in [0.4, 0.5) is 0 Å². The van der Waals surface area contributed by atoms with Crippen LogP contribution in [0.15, 0.2) is 0 Å². The Hall–Kier alpha value is -0.160. The van der Waals surface area contributed by atoms with Gasteiger partial charge in [0.25, 0.3) is 0 Å². The first kappa shape index (κ1) is 16.9. The van der Waals surface area contributed by atoms with Crippen molar-refractivity contribution in [3.8, 4) is 0 Å². The third-order valence-electron chi connectivity index (χ3n) is 3.93. The SMILES string of the molecule is CCCNC(CN(CCOC)C(C)C)C1CCOC1. The van der Waals surface area contributed by atoms with E-state index in [9.17, 15) is 0 Å². The Morgan fingerprint density at radius 3 is 2.74 bits per heavy atom. The zero-order valence-corrected chi connectivity index (χ0v) is 13.2. The normalized spacial score (nSPS) is 21.5. The van der Waals surface area contributed by atoms with Crippen LogP contribution in [0.3, 0.4) is 0 Å².